The summed E-state index contributed by atoms with van der Waals surface area (Å²) in [5.74, 6) is -9.85. The van der Waals surface area contributed by atoms with E-state index in [0.29, 0.717) is 17.3 Å². The summed E-state index contributed by atoms with van der Waals surface area (Å²) in [6.07, 6.45) is 0. The first kappa shape index (κ1) is 14.8. The second kappa shape index (κ2) is 5.80. The van der Waals surface area contributed by atoms with Gasteiger partial charge in [-0.2, -0.15) is 0 Å². The van der Waals surface area contributed by atoms with Crippen molar-refractivity contribution < 1.29 is 27.1 Å². The van der Waals surface area contributed by atoms with Gasteiger partial charge < -0.3 is 5.11 Å². The van der Waals surface area contributed by atoms with Crippen LogP contribution in [0.4, 0.5) is 22.0 Å². The average Bonchev–Trinajstić information content (AvgIpc) is 2.48. The second-order valence-electron chi connectivity index (χ2n) is 3.80. The van der Waals surface area contributed by atoms with Crippen LogP contribution in [0.3, 0.4) is 0 Å². The van der Waals surface area contributed by atoms with E-state index in [1.54, 1.807) is 0 Å². The highest BCUT2D eigenvalue weighted by Gasteiger charge is 2.26. The van der Waals surface area contributed by atoms with Crippen molar-refractivity contribution >= 4 is 11.8 Å². The van der Waals surface area contributed by atoms with Crippen LogP contribution in [-0.4, -0.2) is 5.11 Å². The zero-order valence-corrected chi connectivity index (χ0v) is 10.6. The van der Waals surface area contributed by atoms with E-state index in [-0.39, 0.29) is 11.5 Å². The number of benzene rings is 2. The molecule has 0 saturated carbocycles. The molecule has 0 amide bonds. The Morgan fingerprint density at radius 2 is 1.20 bits per heavy atom. The quantitative estimate of drug-likeness (QED) is 0.525. The first-order valence-electron chi connectivity index (χ1n) is 5.34. The molecular weight excluding hydrogens is 299 g/mol. The Morgan fingerprint density at radius 1 is 0.750 bits per heavy atom. The summed E-state index contributed by atoms with van der Waals surface area (Å²) < 4.78 is 65.8. The number of hydrogen-bond donors (Lipinski definition) is 1. The van der Waals surface area contributed by atoms with Crippen LogP contribution >= 0.6 is 11.8 Å². The lowest BCUT2D eigenvalue weighted by Gasteiger charge is -2.08. The normalized spacial score (nSPS) is 10.9. The highest BCUT2D eigenvalue weighted by Crippen LogP contribution is 2.35. The molecule has 2 aromatic carbocycles. The Kier molecular flexibility index (Phi) is 4.29. The molecule has 1 nitrogen and oxygen atoms in total. The van der Waals surface area contributed by atoms with Gasteiger partial charge in [0.25, 0.3) is 0 Å². The average molecular weight is 306 g/mol. The van der Waals surface area contributed by atoms with Gasteiger partial charge in [0.05, 0.1) is 11.5 Å². The van der Waals surface area contributed by atoms with Crippen molar-refractivity contribution in [2.24, 2.45) is 0 Å². The summed E-state index contributed by atoms with van der Waals surface area (Å²) in [6.45, 7) is -0.215. The van der Waals surface area contributed by atoms with Crippen LogP contribution in [0.15, 0.2) is 34.1 Å². The molecule has 2 aromatic rings. The molecule has 0 fully saturated rings. The molecule has 0 radical (unpaired) electrons. The van der Waals surface area contributed by atoms with Crippen molar-refractivity contribution in [2.45, 2.75) is 16.4 Å². The molecule has 20 heavy (non-hydrogen) atoms. The predicted octanol–water partition coefficient (Wildman–Crippen LogP) is 4.03. The number of aliphatic hydroxyl groups excluding tert-OH is 1. The maximum atomic E-state index is 13.5. The lowest BCUT2D eigenvalue weighted by Crippen LogP contribution is -2.03. The standard InChI is InChI=1S/C13H7F5OS/c14-8-9(15)11(17)13(12(18)10(8)16)20-7-3-1-6(5-19)2-4-7/h1-4,19H,5H2. The summed E-state index contributed by atoms with van der Waals surface area (Å²) in [7, 11) is 0. The van der Waals surface area contributed by atoms with Crippen LogP contribution in [0.2, 0.25) is 0 Å². The molecule has 0 aliphatic rings. The first-order chi connectivity index (χ1) is 9.45. The van der Waals surface area contributed by atoms with Gasteiger partial charge in [-0.3, -0.25) is 0 Å². The molecule has 0 aliphatic heterocycles. The van der Waals surface area contributed by atoms with Gasteiger partial charge in [0.2, 0.25) is 5.82 Å². The van der Waals surface area contributed by atoms with Crippen molar-refractivity contribution in [1.82, 2.24) is 0 Å². The van der Waals surface area contributed by atoms with Gasteiger partial charge in [-0.05, 0) is 17.7 Å². The van der Waals surface area contributed by atoms with Gasteiger partial charge in [0.1, 0.15) is 0 Å². The first-order valence-corrected chi connectivity index (χ1v) is 6.16. The summed E-state index contributed by atoms with van der Waals surface area (Å²) in [5, 5.41) is 8.84. The minimum absolute atomic E-state index is 0.215. The molecule has 0 aromatic heterocycles. The molecule has 0 aliphatic carbocycles. The Morgan fingerprint density at radius 3 is 1.65 bits per heavy atom. The van der Waals surface area contributed by atoms with Crippen molar-refractivity contribution in [2.75, 3.05) is 0 Å². The van der Waals surface area contributed by atoms with E-state index in [9.17, 15) is 22.0 Å². The summed E-state index contributed by atoms with van der Waals surface area (Å²) >= 11 is 0.419. The topological polar surface area (TPSA) is 20.2 Å². The van der Waals surface area contributed by atoms with Crippen LogP contribution in [0, 0.1) is 29.1 Å². The number of halogens is 5. The van der Waals surface area contributed by atoms with E-state index >= 15 is 0 Å². The fourth-order valence-electron chi connectivity index (χ4n) is 1.46. The van der Waals surface area contributed by atoms with Crippen LogP contribution in [0.25, 0.3) is 0 Å². The third kappa shape index (κ3) is 2.64. The summed E-state index contributed by atoms with van der Waals surface area (Å²) in [6, 6.07) is 5.78. The molecule has 0 bridgehead atoms. The fourth-order valence-corrected chi connectivity index (χ4v) is 2.32. The predicted molar refractivity (Wildman–Crippen MR) is 62.7 cm³/mol. The van der Waals surface area contributed by atoms with Gasteiger partial charge in [0.15, 0.2) is 23.3 Å². The number of hydrogen-bond acceptors (Lipinski definition) is 2. The van der Waals surface area contributed by atoms with E-state index in [1.807, 2.05) is 0 Å². The minimum Gasteiger partial charge on any atom is -0.392 e. The van der Waals surface area contributed by atoms with E-state index in [4.69, 9.17) is 5.11 Å². The van der Waals surface area contributed by atoms with E-state index in [0.717, 1.165) is 0 Å². The molecule has 7 heteroatoms. The van der Waals surface area contributed by atoms with Crippen LogP contribution in [-0.2, 0) is 6.61 Å². The fraction of sp³-hybridized carbons (Fsp3) is 0.0769. The van der Waals surface area contributed by atoms with Crippen molar-refractivity contribution in [3.05, 3.63) is 58.9 Å². The Bertz CT molecular complexity index is 613. The summed E-state index contributed by atoms with van der Waals surface area (Å²) in [5.41, 5.74) is 0.562. The molecule has 0 heterocycles. The van der Waals surface area contributed by atoms with E-state index < -0.39 is 34.0 Å². The Labute approximate surface area is 115 Å². The highest BCUT2D eigenvalue weighted by molar-refractivity contribution is 7.99. The van der Waals surface area contributed by atoms with Crippen LogP contribution < -0.4 is 0 Å². The third-order valence-electron chi connectivity index (χ3n) is 2.50. The Balaban J connectivity index is 2.42. The maximum Gasteiger partial charge on any atom is 0.200 e. The van der Waals surface area contributed by atoms with Gasteiger partial charge >= 0.3 is 0 Å². The molecule has 106 valence electrons. The molecule has 0 unspecified atom stereocenters. The lowest BCUT2D eigenvalue weighted by molar-refractivity contribution is 0.282. The second-order valence-corrected chi connectivity index (χ2v) is 4.89. The molecule has 0 atom stereocenters. The molecule has 0 saturated heterocycles. The SMILES string of the molecule is OCc1ccc(Sc2c(F)c(F)c(F)c(F)c2F)cc1. The number of aliphatic hydroxyl groups is 1. The van der Waals surface area contributed by atoms with E-state index in [2.05, 4.69) is 0 Å². The molecule has 0 spiro atoms. The smallest absolute Gasteiger partial charge is 0.200 e. The van der Waals surface area contributed by atoms with Gasteiger partial charge in [-0.25, -0.2) is 22.0 Å². The maximum absolute atomic E-state index is 13.5. The van der Waals surface area contributed by atoms with Gasteiger partial charge in [-0.1, -0.05) is 23.9 Å². The zero-order chi connectivity index (χ0) is 14.9. The van der Waals surface area contributed by atoms with Crippen LogP contribution in [0.1, 0.15) is 5.56 Å². The monoisotopic (exact) mass is 306 g/mol. The molecule has 2 rings (SSSR count). The lowest BCUT2D eigenvalue weighted by atomic mass is 10.2. The minimum atomic E-state index is -2.18. The molecular formula is C13H7F5OS. The van der Waals surface area contributed by atoms with E-state index in [1.165, 1.54) is 24.3 Å². The zero-order valence-electron chi connectivity index (χ0n) is 9.76. The van der Waals surface area contributed by atoms with Crippen molar-refractivity contribution in [3.8, 4) is 0 Å². The Hall–Kier alpha value is -1.60. The summed E-state index contributed by atoms with van der Waals surface area (Å²) in [4.78, 5) is -0.677. The third-order valence-corrected chi connectivity index (χ3v) is 3.57. The highest BCUT2D eigenvalue weighted by atomic mass is 32.2. The van der Waals surface area contributed by atoms with Gasteiger partial charge in [0, 0.05) is 4.90 Å². The van der Waals surface area contributed by atoms with Crippen LogP contribution in [0.5, 0.6) is 0 Å². The largest absolute Gasteiger partial charge is 0.392 e. The molecule has 1 N–H and O–H groups in total. The van der Waals surface area contributed by atoms with Gasteiger partial charge in [-0.15, -0.1) is 0 Å². The number of rotatable bonds is 3. The van der Waals surface area contributed by atoms with Crippen molar-refractivity contribution in [1.29, 1.82) is 0 Å². The van der Waals surface area contributed by atoms with Crippen molar-refractivity contribution in [3.63, 3.8) is 0 Å².